The van der Waals surface area contributed by atoms with Crippen LogP contribution in [0.15, 0.2) is 35.2 Å². The second-order valence-electron chi connectivity index (χ2n) is 5.82. The molecule has 0 spiro atoms. The molecule has 2 N–H and O–H groups in total. The molecule has 2 aliphatic rings. The van der Waals surface area contributed by atoms with Gasteiger partial charge in [0.2, 0.25) is 5.91 Å². The lowest BCUT2D eigenvalue weighted by Gasteiger charge is -2.29. The number of amides is 1. The first-order valence-electron chi connectivity index (χ1n) is 7.34. The molecular weight excluding hydrogens is 306 g/mol. The van der Waals surface area contributed by atoms with Crippen LogP contribution in [0.5, 0.6) is 0 Å². The Kier molecular flexibility index (Phi) is 3.96. The first-order chi connectivity index (χ1) is 10.5. The van der Waals surface area contributed by atoms with Crippen LogP contribution in [0, 0.1) is 0 Å². The van der Waals surface area contributed by atoms with Crippen molar-refractivity contribution in [3.63, 3.8) is 0 Å². The Hall–Kier alpha value is -1.44. The van der Waals surface area contributed by atoms with Gasteiger partial charge < -0.3 is 15.2 Å². The second kappa shape index (κ2) is 5.64. The molecule has 1 saturated heterocycles. The van der Waals surface area contributed by atoms with Crippen molar-refractivity contribution in [1.82, 2.24) is 5.32 Å². The second-order valence-corrected chi connectivity index (χ2v) is 8.08. The van der Waals surface area contributed by atoms with Gasteiger partial charge in [-0.15, -0.1) is 0 Å². The highest BCUT2D eigenvalue weighted by Gasteiger charge is 2.61. The van der Waals surface area contributed by atoms with Crippen molar-refractivity contribution in [2.45, 2.75) is 41.1 Å². The van der Waals surface area contributed by atoms with Gasteiger partial charge in [-0.3, -0.25) is 4.79 Å². The number of nitrogens with one attached hydrogen (secondary N) is 1. The summed E-state index contributed by atoms with van der Waals surface area (Å²) >= 11 is 0. The summed E-state index contributed by atoms with van der Waals surface area (Å²) in [6.45, 7) is 0.648. The molecule has 1 saturated carbocycles. The fourth-order valence-corrected chi connectivity index (χ4v) is 4.63. The summed E-state index contributed by atoms with van der Waals surface area (Å²) in [4.78, 5) is 12.7. The number of aliphatic hydroxyl groups excluding tert-OH is 1. The Labute approximate surface area is 129 Å². The summed E-state index contributed by atoms with van der Waals surface area (Å²) in [6.07, 6.45) is 0.344. The van der Waals surface area contributed by atoms with E-state index in [1.165, 1.54) is 12.1 Å². The van der Waals surface area contributed by atoms with Crippen LogP contribution in [0.25, 0.3) is 0 Å². The van der Waals surface area contributed by atoms with Crippen molar-refractivity contribution in [3.8, 4) is 0 Å². The third kappa shape index (κ3) is 2.53. The summed E-state index contributed by atoms with van der Waals surface area (Å²) in [5.74, 6) is -0.536. The topological polar surface area (TPSA) is 92.7 Å². The Morgan fingerprint density at radius 2 is 1.95 bits per heavy atom. The Morgan fingerprint density at radius 3 is 2.55 bits per heavy atom. The predicted molar refractivity (Wildman–Crippen MR) is 79.0 cm³/mol. The summed E-state index contributed by atoms with van der Waals surface area (Å²) < 4.78 is 29.3. The summed E-state index contributed by atoms with van der Waals surface area (Å²) in [7, 11) is -3.73. The smallest absolute Gasteiger partial charge is 0.242 e. The number of ether oxygens (including phenoxy) is 1. The van der Waals surface area contributed by atoms with E-state index in [1.54, 1.807) is 18.2 Å². The molecule has 1 aliphatic carbocycles. The van der Waals surface area contributed by atoms with E-state index in [2.05, 4.69) is 5.32 Å². The maximum atomic E-state index is 12.7. The molecule has 1 aliphatic heterocycles. The zero-order valence-corrected chi connectivity index (χ0v) is 12.9. The molecule has 0 bridgehead atoms. The van der Waals surface area contributed by atoms with Crippen molar-refractivity contribution in [2.24, 2.45) is 0 Å². The molecule has 7 heteroatoms. The largest absolute Gasteiger partial charge is 0.391 e. The molecule has 0 aromatic heterocycles. The fourth-order valence-electron chi connectivity index (χ4n) is 2.72. The third-order valence-electron chi connectivity index (χ3n) is 4.32. The van der Waals surface area contributed by atoms with E-state index in [9.17, 15) is 18.3 Å². The number of hydrogen-bond donors (Lipinski definition) is 2. The summed E-state index contributed by atoms with van der Waals surface area (Å²) in [6, 6.07) is 7.46. The van der Waals surface area contributed by atoms with Crippen LogP contribution in [0.3, 0.4) is 0 Å². The van der Waals surface area contributed by atoms with Gasteiger partial charge in [0, 0.05) is 6.61 Å². The van der Waals surface area contributed by atoms with Crippen LogP contribution in [-0.4, -0.2) is 49.5 Å². The van der Waals surface area contributed by atoms with E-state index in [1.807, 2.05) is 0 Å². The van der Waals surface area contributed by atoms with E-state index < -0.39 is 32.6 Å². The van der Waals surface area contributed by atoms with Crippen molar-refractivity contribution in [1.29, 1.82) is 0 Å². The number of aliphatic hydroxyl groups is 1. The molecule has 120 valence electrons. The van der Waals surface area contributed by atoms with Gasteiger partial charge in [0.15, 0.2) is 14.6 Å². The van der Waals surface area contributed by atoms with Crippen molar-refractivity contribution < 1.29 is 23.1 Å². The van der Waals surface area contributed by atoms with Crippen LogP contribution in [0.4, 0.5) is 0 Å². The van der Waals surface area contributed by atoms with Gasteiger partial charge in [0.05, 0.1) is 23.6 Å². The van der Waals surface area contributed by atoms with Crippen LogP contribution in [-0.2, 0) is 19.4 Å². The van der Waals surface area contributed by atoms with E-state index in [0.29, 0.717) is 25.9 Å². The van der Waals surface area contributed by atoms with Crippen molar-refractivity contribution in [2.75, 3.05) is 13.2 Å². The first-order valence-corrected chi connectivity index (χ1v) is 8.82. The van der Waals surface area contributed by atoms with Crippen LogP contribution < -0.4 is 5.32 Å². The van der Waals surface area contributed by atoms with E-state index in [-0.39, 0.29) is 11.5 Å². The number of sulfone groups is 1. The maximum Gasteiger partial charge on any atom is 0.242 e. The molecule has 0 radical (unpaired) electrons. The van der Waals surface area contributed by atoms with E-state index >= 15 is 0 Å². The molecule has 1 aromatic rings. The molecule has 22 heavy (non-hydrogen) atoms. The Bertz CT molecular complexity index is 654. The summed E-state index contributed by atoms with van der Waals surface area (Å²) in [5.41, 5.74) is 0. The van der Waals surface area contributed by atoms with Crippen molar-refractivity contribution in [3.05, 3.63) is 30.3 Å². The monoisotopic (exact) mass is 325 g/mol. The van der Waals surface area contributed by atoms with E-state index in [0.717, 1.165) is 0 Å². The highest BCUT2D eigenvalue weighted by atomic mass is 32.2. The molecule has 6 nitrogen and oxygen atoms in total. The van der Waals surface area contributed by atoms with Gasteiger partial charge in [-0.25, -0.2) is 8.42 Å². The van der Waals surface area contributed by atoms with Crippen LogP contribution in [0.1, 0.15) is 19.3 Å². The fraction of sp³-hybridized carbons (Fsp3) is 0.533. The van der Waals surface area contributed by atoms with Gasteiger partial charge in [-0.1, -0.05) is 18.2 Å². The molecule has 1 aromatic carbocycles. The quantitative estimate of drug-likeness (QED) is 0.828. The lowest BCUT2D eigenvalue weighted by molar-refractivity contribution is -0.125. The lowest BCUT2D eigenvalue weighted by Crippen LogP contribution is -2.54. The minimum absolute atomic E-state index is 0.156. The van der Waals surface area contributed by atoms with Gasteiger partial charge in [-0.2, -0.15) is 0 Å². The first kappa shape index (κ1) is 15.5. The van der Waals surface area contributed by atoms with Gasteiger partial charge in [0.25, 0.3) is 0 Å². The SMILES string of the molecule is O=C(N[C@@H]1COCC[C@H]1O)C1(S(=O)(=O)c2ccccc2)CC1. The van der Waals surface area contributed by atoms with Gasteiger partial charge in [-0.05, 0) is 31.4 Å². The van der Waals surface area contributed by atoms with Crippen LogP contribution >= 0.6 is 0 Å². The minimum Gasteiger partial charge on any atom is -0.391 e. The highest BCUT2D eigenvalue weighted by Crippen LogP contribution is 2.47. The van der Waals surface area contributed by atoms with Crippen LogP contribution in [0.2, 0.25) is 0 Å². The summed E-state index contributed by atoms with van der Waals surface area (Å²) in [5, 5.41) is 12.5. The molecular formula is C15H19NO5S. The average Bonchev–Trinajstić information content (AvgIpc) is 3.33. The lowest BCUT2D eigenvalue weighted by atomic mass is 10.1. The van der Waals surface area contributed by atoms with Gasteiger partial charge in [0.1, 0.15) is 0 Å². The molecule has 3 rings (SSSR count). The third-order valence-corrected chi connectivity index (χ3v) is 6.84. The zero-order chi connectivity index (χ0) is 15.8. The number of benzene rings is 1. The highest BCUT2D eigenvalue weighted by molar-refractivity contribution is 7.94. The molecule has 0 unspecified atom stereocenters. The number of rotatable bonds is 4. The zero-order valence-electron chi connectivity index (χ0n) is 12.1. The molecule has 1 amide bonds. The Balaban J connectivity index is 1.80. The molecule has 2 fully saturated rings. The predicted octanol–water partition coefficient (Wildman–Crippen LogP) is 0.259. The number of carbonyl (C=O) groups is 1. The molecule has 2 atom stereocenters. The number of hydrogen-bond acceptors (Lipinski definition) is 5. The van der Waals surface area contributed by atoms with Crippen molar-refractivity contribution >= 4 is 15.7 Å². The normalized spacial score (nSPS) is 27.1. The standard InChI is InChI=1S/C15H19NO5S/c17-13-6-9-21-10-12(13)16-14(18)15(7-8-15)22(19,20)11-4-2-1-3-5-11/h1-5,12-13,17H,6-10H2,(H,16,18)/t12-,13-/m1/s1. The number of carbonyl (C=O) groups excluding carboxylic acids is 1. The average molecular weight is 325 g/mol. The minimum atomic E-state index is -3.73. The maximum absolute atomic E-state index is 12.7. The Morgan fingerprint density at radius 1 is 1.27 bits per heavy atom. The van der Waals surface area contributed by atoms with Gasteiger partial charge >= 0.3 is 0 Å². The molecule has 1 heterocycles. The van der Waals surface area contributed by atoms with E-state index in [4.69, 9.17) is 4.74 Å².